The monoisotopic (exact) mass is 284 g/mol. The first-order valence-electron chi connectivity index (χ1n) is 6.35. The smallest absolute Gasteiger partial charge is 0.339 e. The molecule has 0 aliphatic heterocycles. The second-order valence-corrected chi connectivity index (χ2v) is 5.16. The van der Waals surface area contributed by atoms with E-state index in [0.29, 0.717) is 11.3 Å². The zero-order valence-electron chi connectivity index (χ0n) is 11.3. The summed E-state index contributed by atoms with van der Waals surface area (Å²) in [7, 11) is 0. The average molecular weight is 284 g/mol. The largest absolute Gasteiger partial charge is 0.423 e. The molecule has 0 amide bonds. The van der Waals surface area contributed by atoms with Crippen molar-refractivity contribution in [2.24, 2.45) is 0 Å². The Balaban J connectivity index is 1.85. The second-order valence-electron chi connectivity index (χ2n) is 4.30. The lowest BCUT2D eigenvalue weighted by Crippen LogP contribution is -2.08. The number of thioether (sulfide) groups is 1. The molecule has 102 valence electrons. The van der Waals surface area contributed by atoms with E-state index in [4.69, 9.17) is 4.74 Å². The SMILES string of the molecule is CC(=CSCc1ccccc1)C(=O)Oc1ccccc1. The summed E-state index contributed by atoms with van der Waals surface area (Å²) in [6.45, 7) is 1.77. The fourth-order valence-corrected chi connectivity index (χ4v) is 2.38. The topological polar surface area (TPSA) is 26.3 Å². The van der Waals surface area contributed by atoms with Crippen molar-refractivity contribution in [3.63, 3.8) is 0 Å². The van der Waals surface area contributed by atoms with Gasteiger partial charge in [-0.3, -0.25) is 0 Å². The van der Waals surface area contributed by atoms with Crippen LogP contribution in [-0.4, -0.2) is 5.97 Å². The van der Waals surface area contributed by atoms with Crippen molar-refractivity contribution in [3.05, 3.63) is 77.2 Å². The first-order chi connectivity index (χ1) is 9.75. The lowest BCUT2D eigenvalue weighted by atomic mass is 10.2. The van der Waals surface area contributed by atoms with Crippen molar-refractivity contribution in [3.8, 4) is 5.75 Å². The van der Waals surface area contributed by atoms with Gasteiger partial charge in [0, 0.05) is 11.3 Å². The van der Waals surface area contributed by atoms with Crippen molar-refractivity contribution in [1.29, 1.82) is 0 Å². The van der Waals surface area contributed by atoms with Gasteiger partial charge < -0.3 is 4.74 Å². The molecule has 0 fully saturated rings. The van der Waals surface area contributed by atoms with Crippen LogP contribution in [0.25, 0.3) is 0 Å². The van der Waals surface area contributed by atoms with Gasteiger partial charge >= 0.3 is 5.97 Å². The van der Waals surface area contributed by atoms with E-state index in [0.717, 1.165) is 5.75 Å². The molecule has 2 nitrogen and oxygen atoms in total. The number of hydrogen-bond donors (Lipinski definition) is 0. The Labute approximate surface area is 123 Å². The number of hydrogen-bond acceptors (Lipinski definition) is 3. The van der Waals surface area contributed by atoms with Crippen LogP contribution in [0.5, 0.6) is 5.75 Å². The summed E-state index contributed by atoms with van der Waals surface area (Å²) in [6, 6.07) is 19.2. The van der Waals surface area contributed by atoms with Crippen molar-refractivity contribution in [2.75, 3.05) is 0 Å². The van der Waals surface area contributed by atoms with E-state index in [-0.39, 0.29) is 5.97 Å². The van der Waals surface area contributed by atoms with Crippen LogP contribution in [0.15, 0.2) is 71.6 Å². The molecule has 0 saturated carbocycles. The Bertz CT molecular complexity index is 576. The molecule has 2 aromatic carbocycles. The number of rotatable bonds is 5. The molecule has 0 heterocycles. The minimum atomic E-state index is -0.309. The molecule has 0 saturated heterocycles. The van der Waals surface area contributed by atoms with Gasteiger partial charge in [0.15, 0.2) is 0 Å². The number of ether oxygens (including phenoxy) is 1. The summed E-state index contributed by atoms with van der Waals surface area (Å²) in [5.74, 6) is 1.10. The van der Waals surface area contributed by atoms with Crippen LogP contribution in [0.1, 0.15) is 12.5 Å². The van der Waals surface area contributed by atoms with Gasteiger partial charge in [-0.05, 0) is 30.0 Å². The van der Waals surface area contributed by atoms with Crippen molar-refractivity contribution < 1.29 is 9.53 Å². The molecule has 0 aromatic heterocycles. The van der Waals surface area contributed by atoms with Gasteiger partial charge in [0.05, 0.1) is 0 Å². The Hall–Kier alpha value is -2.00. The third-order valence-corrected chi connectivity index (χ3v) is 3.65. The zero-order valence-corrected chi connectivity index (χ0v) is 12.1. The molecular formula is C17H16O2S. The third kappa shape index (κ3) is 4.59. The van der Waals surface area contributed by atoms with Crippen molar-refractivity contribution >= 4 is 17.7 Å². The van der Waals surface area contributed by atoms with Crippen LogP contribution in [-0.2, 0) is 10.5 Å². The number of esters is 1. The zero-order chi connectivity index (χ0) is 14.2. The van der Waals surface area contributed by atoms with Crippen molar-refractivity contribution in [2.45, 2.75) is 12.7 Å². The van der Waals surface area contributed by atoms with E-state index < -0.39 is 0 Å². The third-order valence-electron chi connectivity index (χ3n) is 2.63. The van der Waals surface area contributed by atoms with Crippen LogP contribution < -0.4 is 4.74 Å². The van der Waals surface area contributed by atoms with Gasteiger partial charge in [0.2, 0.25) is 0 Å². The fourth-order valence-electron chi connectivity index (χ4n) is 1.56. The molecule has 2 rings (SSSR count). The summed E-state index contributed by atoms with van der Waals surface area (Å²) < 4.78 is 5.26. The van der Waals surface area contributed by atoms with E-state index >= 15 is 0 Å². The molecule has 0 bridgehead atoms. The van der Waals surface area contributed by atoms with Gasteiger partial charge in [-0.1, -0.05) is 48.5 Å². The highest BCUT2D eigenvalue weighted by atomic mass is 32.2. The van der Waals surface area contributed by atoms with Gasteiger partial charge in [-0.2, -0.15) is 0 Å². The Morgan fingerprint density at radius 3 is 2.30 bits per heavy atom. The van der Waals surface area contributed by atoms with E-state index in [9.17, 15) is 4.79 Å². The summed E-state index contributed by atoms with van der Waals surface area (Å²) in [5.41, 5.74) is 1.84. The van der Waals surface area contributed by atoms with E-state index in [1.54, 1.807) is 30.8 Å². The van der Waals surface area contributed by atoms with E-state index in [2.05, 4.69) is 12.1 Å². The van der Waals surface area contributed by atoms with Gasteiger partial charge in [0.1, 0.15) is 5.75 Å². The number of para-hydroxylation sites is 1. The molecular weight excluding hydrogens is 268 g/mol. The van der Waals surface area contributed by atoms with Crippen molar-refractivity contribution in [1.82, 2.24) is 0 Å². The molecule has 0 unspecified atom stereocenters. The average Bonchev–Trinajstić information content (AvgIpc) is 2.49. The molecule has 3 heteroatoms. The number of benzene rings is 2. The maximum Gasteiger partial charge on any atom is 0.339 e. The molecule has 0 radical (unpaired) electrons. The summed E-state index contributed by atoms with van der Waals surface area (Å²) in [6.07, 6.45) is 0. The van der Waals surface area contributed by atoms with E-state index in [1.165, 1.54) is 5.56 Å². The first-order valence-corrected chi connectivity index (χ1v) is 7.40. The van der Waals surface area contributed by atoms with Crippen LogP contribution >= 0.6 is 11.8 Å². The normalized spacial score (nSPS) is 11.2. The first kappa shape index (κ1) is 14.4. The minimum Gasteiger partial charge on any atom is -0.423 e. The molecule has 2 aromatic rings. The molecule has 0 aliphatic carbocycles. The molecule has 0 N–H and O–H groups in total. The summed E-state index contributed by atoms with van der Waals surface area (Å²) in [4.78, 5) is 11.9. The van der Waals surface area contributed by atoms with Crippen LogP contribution in [0.4, 0.5) is 0 Å². The van der Waals surface area contributed by atoms with Crippen LogP contribution in [0, 0.1) is 0 Å². The highest BCUT2D eigenvalue weighted by Crippen LogP contribution is 2.17. The maximum absolute atomic E-state index is 11.9. The fraction of sp³-hybridized carbons (Fsp3) is 0.118. The van der Waals surface area contributed by atoms with Crippen LogP contribution in [0.3, 0.4) is 0 Å². The highest BCUT2D eigenvalue weighted by molar-refractivity contribution is 8.01. The van der Waals surface area contributed by atoms with Gasteiger partial charge in [-0.15, -0.1) is 11.8 Å². The van der Waals surface area contributed by atoms with Gasteiger partial charge in [0.25, 0.3) is 0 Å². The molecule has 0 atom stereocenters. The number of carbonyl (C=O) groups excluding carboxylic acids is 1. The molecule has 20 heavy (non-hydrogen) atoms. The predicted octanol–water partition coefficient (Wildman–Crippen LogP) is 4.43. The summed E-state index contributed by atoms with van der Waals surface area (Å²) >= 11 is 1.59. The highest BCUT2D eigenvalue weighted by Gasteiger charge is 2.06. The Kier molecular flexibility index (Phi) is 5.44. The Morgan fingerprint density at radius 1 is 1.05 bits per heavy atom. The maximum atomic E-state index is 11.9. The Morgan fingerprint density at radius 2 is 1.65 bits per heavy atom. The quantitative estimate of drug-likeness (QED) is 0.461. The lowest BCUT2D eigenvalue weighted by molar-refractivity contribution is -0.130. The van der Waals surface area contributed by atoms with Gasteiger partial charge in [-0.25, -0.2) is 4.79 Å². The summed E-state index contributed by atoms with van der Waals surface area (Å²) in [5, 5.41) is 1.85. The minimum absolute atomic E-state index is 0.309. The second kappa shape index (κ2) is 7.56. The number of carbonyl (C=O) groups is 1. The van der Waals surface area contributed by atoms with E-state index in [1.807, 2.05) is 41.8 Å². The van der Waals surface area contributed by atoms with Crippen LogP contribution in [0.2, 0.25) is 0 Å². The standard InChI is InChI=1S/C17H16O2S/c1-14(12-20-13-15-8-4-2-5-9-15)17(18)19-16-10-6-3-7-11-16/h2-12H,13H2,1H3. The lowest BCUT2D eigenvalue weighted by Gasteiger charge is -2.04. The molecule has 0 spiro atoms. The predicted molar refractivity (Wildman–Crippen MR) is 83.6 cm³/mol. The molecule has 0 aliphatic rings.